The van der Waals surface area contributed by atoms with Crippen LogP contribution in [0.15, 0.2) is 81.0 Å². The van der Waals surface area contributed by atoms with Gasteiger partial charge in [-0.2, -0.15) is 4.98 Å². The second-order valence-electron chi connectivity index (χ2n) is 7.59. The molecule has 0 radical (unpaired) electrons. The smallest absolute Gasteiger partial charge is 0.259 e. The molecule has 1 saturated carbocycles. The molecular weight excluding hydrogens is 430 g/mol. The van der Waals surface area contributed by atoms with Crippen molar-refractivity contribution in [2.24, 2.45) is 0 Å². The van der Waals surface area contributed by atoms with E-state index in [2.05, 4.69) is 10.1 Å². The van der Waals surface area contributed by atoms with Crippen LogP contribution in [0.3, 0.4) is 0 Å². The number of halogens is 1. The second-order valence-corrected chi connectivity index (χ2v) is 9.08. The summed E-state index contributed by atoms with van der Waals surface area (Å²) in [6, 6.07) is 21.4. The molecule has 0 unspecified atom stereocenters. The molecule has 7 heteroatoms. The molecule has 4 aromatic rings. The molecule has 31 heavy (non-hydrogen) atoms. The first kappa shape index (κ1) is 18.7. The van der Waals surface area contributed by atoms with Gasteiger partial charge in [0.2, 0.25) is 5.82 Å². The van der Waals surface area contributed by atoms with Gasteiger partial charge in [-0.3, -0.25) is 4.79 Å². The van der Waals surface area contributed by atoms with Gasteiger partial charge in [0, 0.05) is 21.4 Å². The molecule has 0 N–H and O–H groups in total. The maximum Gasteiger partial charge on any atom is 0.259 e. The summed E-state index contributed by atoms with van der Waals surface area (Å²) in [5, 5.41) is 4.73. The first-order valence-electron chi connectivity index (χ1n) is 10.0. The van der Waals surface area contributed by atoms with Crippen molar-refractivity contribution in [2.45, 2.75) is 28.7 Å². The molecule has 2 heterocycles. The third-order valence-corrected chi connectivity index (χ3v) is 6.93. The zero-order chi connectivity index (χ0) is 20.9. The molecule has 1 aliphatic heterocycles. The van der Waals surface area contributed by atoms with Gasteiger partial charge in [0.15, 0.2) is 0 Å². The monoisotopic (exact) mass is 445 g/mol. The van der Waals surface area contributed by atoms with Crippen molar-refractivity contribution in [3.05, 3.63) is 77.3 Å². The van der Waals surface area contributed by atoms with Crippen LogP contribution in [-0.4, -0.2) is 22.1 Å². The van der Waals surface area contributed by atoms with Gasteiger partial charge in [-0.25, -0.2) is 0 Å². The van der Waals surface area contributed by atoms with E-state index in [1.54, 1.807) is 17.8 Å². The quantitative estimate of drug-likeness (QED) is 0.368. The Bertz CT molecular complexity index is 1330. The van der Waals surface area contributed by atoms with Crippen molar-refractivity contribution in [1.82, 2.24) is 10.1 Å². The van der Waals surface area contributed by atoms with Crippen LogP contribution in [0, 0.1) is 0 Å². The van der Waals surface area contributed by atoms with Crippen LogP contribution in [-0.2, 0) is 0 Å². The van der Waals surface area contributed by atoms with E-state index in [4.69, 9.17) is 16.1 Å². The van der Waals surface area contributed by atoms with Crippen LogP contribution in [0.4, 0.5) is 5.69 Å². The Morgan fingerprint density at radius 3 is 2.55 bits per heavy atom. The fourth-order valence-electron chi connectivity index (χ4n) is 3.80. The lowest BCUT2D eigenvalue weighted by atomic mass is 10.1. The predicted octanol–water partition coefficient (Wildman–Crippen LogP) is 6.33. The van der Waals surface area contributed by atoms with E-state index in [9.17, 15) is 4.79 Å². The third kappa shape index (κ3) is 3.23. The zero-order valence-electron chi connectivity index (χ0n) is 16.3. The number of benzene rings is 3. The topological polar surface area (TPSA) is 59.2 Å². The highest BCUT2D eigenvalue weighted by Gasteiger charge is 2.38. The molecule has 152 valence electrons. The number of hydrogen-bond acceptors (Lipinski definition) is 5. The van der Waals surface area contributed by atoms with Crippen LogP contribution in [0.1, 0.15) is 23.2 Å². The number of nitrogens with zero attached hydrogens (tertiary/aromatic N) is 3. The van der Waals surface area contributed by atoms with Gasteiger partial charge < -0.3 is 9.42 Å². The Balaban J connectivity index is 1.44. The van der Waals surface area contributed by atoms with Crippen molar-refractivity contribution >= 4 is 35.0 Å². The summed E-state index contributed by atoms with van der Waals surface area (Å²) in [5.41, 5.74) is 3.22. The Morgan fingerprint density at radius 2 is 1.74 bits per heavy atom. The van der Waals surface area contributed by atoms with E-state index < -0.39 is 0 Å². The Kier molecular flexibility index (Phi) is 4.37. The van der Waals surface area contributed by atoms with E-state index >= 15 is 0 Å². The number of hydrogen-bond donors (Lipinski definition) is 0. The average molecular weight is 446 g/mol. The van der Waals surface area contributed by atoms with Crippen molar-refractivity contribution < 1.29 is 9.32 Å². The number of anilines is 1. The fraction of sp³-hybridized carbons (Fsp3) is 0.125. The molecule has 0 saturated heterocycles. The van der Waals surface area contributed by atoms with Crippen molar-refractivity contribution in [3.63, 3.8) is 0 Å². The summed E-state index contributed by atoms with van der Waals surface area (Å²) in [4.78, 5) is 21.8. The lowest BCUT2D eigenvalue weighted by Crippen LogP contribution is -2.32. The normalized spacial score (nSPS) is 15.4. The summed E-state index contributed by atoms with van der Waals surface area (Å²) in [6.45, 7) is 0. The van der Waals surface area contributed by atoms with Gasteiger partial charge in [-0.05, 0) is 55.3 Å². The van der Waals surface area contributed by atoms with Gasteiger partial charge >= 0.3 is 0 Å². The Labute approximate surface area is 188 Å². The first-order valence-corrected chi connectivity index (χ1v) is 11.2. The van der Waals surface area contributed by atoms with E-state index in [1.807, 2.05) is 65.6 Å². The van der Waals surface area contributed by atoms with Crippen molar-refractivity contribution in [2.75, 3.05) is 4.90 Å². The van der Waals surface area contributed by atoms with Crippen LogP contribution in [0.2, 0.25) is 5.02 Å². The minimum absolute atomic E-state index is 0.0673. The first-order chi connectivity index (χ1) is 15.2. The molecular formula is C24H16ClN3O2S. The summed E-state index contributed by atoms with van der Waals surface area (Å²) in [5.74, 6) is 0.932. The number of fused-ring (bicyclic) bond motifs is 2. The molecule has 1 amide bonds. The van der Waals surface area contributed by atoms with Crippen LogP contribution in [0.5, 0.6) is 0 Å². The maximum absolute atomic E-state index is 13.3. The van der Waals surface area contributed by atoms with Crippen LogP contribution in [0.25, 0.3) is 22.8 Å². The summed E-state index contributed by atoms with van der Waals surface area (Å²) in [6.07, 6.45) is 2.07. The molecule has 0 spiro atoms. The Morgan fingerprint density at radius 1 is 0.968 bits per heavy atom. The minimum Gasteiger partial charge on any atom is -0.334 e. The molecule has 1 fully saturated rings. The highest BCUT2D eigenvalue weighted by Crippen LogP contribution is 2.46. The zero-order valence-corrected chi connectivity index (χ0v) is 17.9. The lowest BCUT2D eigenvalue weighted by Gasteiger charge is -2.22. The molecule has 2 aliphatic rings. The number of carbonyl (C=O) groups excluding carboxylic acids is 1. The largest absolute Gasteiger partial charge is 0.334 e. The van der Waals surface area contributed by atoms with Gasteiger partial charge in [0.1, 0.15) is 0 Å². The van der Waals surface area contributed by atoms with E-state index in [0.717, 1.165) is 39.4 Å². The third-order valence-electron chi connectivity index (χ3n) is 5.48. The molecule has 6 rings (SSSR count). The maximum atomic E-state index is 13.3. The molecule has 0 atom stereocenters. The minimum atomic E-state index is 0.0673. The highest BCUT2D eigenvalue weighted by atomic mass is 35.5. The number of carbonyl (C=O) groups is 1. The standard InChI is InChI=1S/C24H16ClN3O2S/c25-18-7-3-1-5-16(18)23-26-22(27-30-23)14-9-12-19-21(13-14)31-20-8-4-2-6-17(20)24(29)28(19)15-10-11-15/h1-9,12-13,15H,10-11H2. The summed E-state index contributed by atoms with van der Waals surface area (Å²) < 4.78 is 5.48. The van der Waals surface area contributed by atoms with E-state index in [-0.39, 0.29) is 11.9 Å². The van der Waals surface area contributed by atoms with Crippen LogP contribution < -0.4 is 4.90 Å². The SMILES string of the molecule is O=C1c2ccccc2Sc2cc(-c3noc(-c4ccccc4Cl)n3)ccc2N1C1CC1. The Hall–Kier alpha value is -3.09. The number of amides is 1. The highest BCUT2D eigenvalue weighted by molar-refractivity contribution is 7.99. The van der Waals surface area contributed by atoms with E-state index in [1.165, 1.54) is 0 Å². The lowest BCUT2D eigenvalue weighted by molar-refractivity contribution is 0.0982. The van der Waals surface area contributed by atoms with Crippen molar-refractivity contribution in [1.29, 1.82) is 0 Å². The second kappa shape index (κ2) is 7.25. The molecule has 0 bridgehead atoms. The molecule has 3 aromatic carbocycles. The number of rotatable bonds is 3. The summed E-state index contributed by atoms with van der Waals surface area (Å²) >= 11 is 7.87. The fourth-order valence-corrected chi connectivity index (χ4v) is 5.13. The van der Waals surface area contributed by atoms with Gasteiger partial charge in [-0.15, -0.1) is 0 Å². The number of aromatic nitrogens is 2. The van der Waals surface area contributed by atoms with Crippen LogP contribution >= 0.6 is 23.4 Å². The van der Waals surface area contributed by atoms with Gasteiger partial charge in [0.25, 0.3) is 11.8 Å². The van der Waals surface area contributed by atoms with Gasteiger partial charge in [0.05, 0.1) is 21.8 Å². The summed E-state index contributed by atoms with van der Waals surface area (Å²) in [7, 11) is 0. The molecule has 1 aromatic heterocycles. The molecule has 1 aliphatic carbocycles. The van der Waals surface area contributed by atoms with Gasteiger partial charge in [-0.1, -0.05) is 52.8 Å². The van der Waals surface area contributed by atoms with E-state index in [0.29, 0.717) is 22.3 Å². The molecule has 5 nitrogen and oxygen atoms in total. The van der Waals surface area contributed by atoms with Crippen molar-refractivity contribution in [3.8, 4) is 22.8 Å². The average Bonchev–Trinajstić information content (AvgIpc) is 3.52. The predicted molar refractivity (Wildman–Crippen MR) is 121 cm³/mol.